The molecule has 0 unspecified atom stereocenters. The van der Waals surface area contributed by atoms with Gasteiger partial charge in [-0.2, -0.15) is 0 Å². The smallest absolute Gasteiger partial charge is 0.287 e. The first kappa shape index (κ1) is 7.52. The number of imidazole rings is 1. The average Bonchev–Trinajstić information content (AvgIpc) is 2.38. The summed E-state index contributed by atoms with van der Waals surface area (Å²) in [6.45, 7) is 0. The lowest BCUT2D eigenvalue weighted by Crippen LogP contribution is -2.14. The number of nitrogens with one attached hydrogen (secondary N) is 2. The van der Waals surface area contributed by atoms with Crippen molar-refractivity contribution in [1.29, 1.82) is 0 Å². The Balaban J connectivity index is 3.09. The largest absolute Gasteiger partial charge is 0.334 e. The van der Waals surface area contributed by atoms with Crippen molar-refractivity contribution in [2.45, 2.75) is 5.16 Å². The van der Waals surface area contributed by atoms with Gasteiger partial charge in [0.2, 0.25) is 5.16 Å². The lowest BCUT2D eigenvalue weighted by atomic mass is 11.0. The fraction of sp³-hybridized carbons (Fsp3) is 0. The molecule has 0 saturated carbocycles. The fourth-order valence-electron chi connectivity index (χ4n) is 0.434. The Hall–Kier alpha value is -0.590. The van der Waals surface area contributed by atoms with Gasteiger partial charge in [-0.25, -0.2) is 13.4 Å². The van der Waals surface area contributed by atoms with E-state index in [4.69, 9.17) is 11.8 Å². The molecule has 0 atom stereocenters. The van der Waals surface area contributed by atoms with E-state index in [1.54, 1.807) is 4.24 Å². The van der Waals surface area contributed by atoms with Crippen LogP contribution in [0.1, 0.15) is 0 Å². The van der Waals surface area contributed by atoms with Gasteiger partial charge in [0.15, 0.2) is 0 Å². The van der Waals surface area contributed by atoms with E-state index >= 15 is 0 Å². The first-order chi connectivity index (χ1) is 4.67. The van der Waals surface area contributed by atoms with Gasteiger partial charge in [-0.1, -0.05) is 0 Å². The van der Waals surface area contributed by atoms with Gasteiger partial charge in [-0.3, -0.25) is 0 Å². The maximum Gasteiger partial charge on any atom is 0.287 e. The molecule has 0 amide bonds. The zero-order valence-electron chi connectivity index (χ0n) is 4.70. The van der Waals surface area contributed by atoms with Gasteiger partial charge in [-0.05, 0) is 11.8 Å². The molecule has 1 aromatic heterocycles. The topological polar surface area (TPSA) is 74.8 Å². The molecule has 0 aliphatic carbocycles. The van der Waals surface area contributed by atoms with Gasteiger partial charge in [-0.15, -0.1) is 4.24 Å². The van der Waals surface area contributed by atoms with Crippen LogP contribution < -0.4 is 4.24 Å². The van der Waals surface area contributed by atoms with Gasteiger partial charge >= 0.3 is 0 Å². The number of H-pyrrole nitrogens is 1. The van der Waals surface area contributed by atoms with Crippen molar-refractivity contribution in [1.82, 2.24) is 14.2 Å². The maximum absolute atomic E-state index is 10.7. The Morgan fingerprint density at radius 1 is 1.70 bits per heavy atom. The SMILES string of the molecule is O=S(=O)(NCl)c1ncc[nH]1. The zero-order chi connectivity index (χ0) is 7.61. The van der Waals surface area contributed by atoms with E-state index in [0.717, 1.165) is 0 Å². The third-order valence-corrected chi connectivity index (χ3v) is 2.37. The van der Waals surface area contributed by atoms with Crippen LogP contribution in [0.3, 0.4) is 0 Å². The van der Waals surface area contributed by atoms with E-state index in [2.05, 4.69) is 9.97 Å². The van der Waals surface area contributed by atoms with Gasteiger partial charge in [0.1, 0.15) is 0 Å². The van der Waals surface area contributed by atoms with E-state index in [-0.39, 0.29) is 5.16 Å². The summed E-state index contributed by atoms with van der Waals surface area (Å²) in [5, 5.41) is -0.192. The predicted octanol–water partition coefficient (Wildman–Crippen LogP) is -0.158. The second-order valence-electron chi connectivity index (χ2n) is 1.47. The molecule has 0 fully saturated rings. The molecule has 2 N–H and O–H groups in total. The molecule has 0 aliphatic rings. The van der Waals surface area contributed by atoms with Gasteiger partial charge < -0.3 is 4.98 Å². The molecular weight excluding hydrogens is 178 g/mol. The molecule has 1 aromatic rings. The van der Waals surface area contributed by atoms with Crippen LogP contribution in [-0.4, -0.2) is 18.4 Å². The lowest BCUT2D eigenvalue weighted by molar-refractivity contribution is 0.586. The van der Waals surface area contributed by atoms with Crippen LogP contribution in [-0.2, 0) is 10.0 Å². The Labute approximate surface area is 62.6 Å². The summed E-state index contributed by atoms with van der Waals surface area (Å²) >= 11 is 4.89. The molecule has 7 heteroatoms. The van der Waals surface area contributed by atoms with Gasteiger partial charge in [0.05, 0.1) is 0 Å². The number of aromatic amines is 1. The van der Waals surface area contributed by atoms with Crippen LogP contribution in [0.2, 0.25) is 0 Å². The standard InChI is InChI=1S/C3H4ClN3O2S/c4-7-10(8,9)3-5-1-2-6-3/h1-2,7H,(H,5,6). The van der Waals surface area contributed by atoms with Crippen molar-refractivity contribution in [3.63, 3.8) is 0 Å². The summed E-state index contributed by atoms with van der Waals surface area (Å²) in [5.74, 6) is 0. The van der Waals surface area contributed by atoms with Crippen molar-refractivity contribution in [3.8, 4) is 0 Å². The van der Waals surface area contributed by atoms with Gasteiger partial charge in [0, 0.05) is 12.4 Å². The average molecular weight is 182 g/mol. The van der Waals surface area contributed by atoms with E-state index in [9.17, 15) is 8.42 Å². The van der Waals surface area contributed by atoms with E-state index in [1.807, 2.05) is 0 Å². The Kier molecular flexibility index (Phi) is 1.93. The second kappa shape index (κ2) is 2.57. The number of nitrogens with zero attached hydrogens (tertiary/aromatic N) is 1. The van der Waals surface area contributed by atoms with Crippen LogP contribution in [0.5, 0.6) is 0 Å². The summed E-state index contributed by atoms with van der Waals surface area (Å²) in [5.41, 5.74) is 0. The molecule has 0 bridgehead atoms. The molecule has 5 nitrogen and oxygen atoms in total. The van der Waals surface area contributed by atoms with Crippen molar-refractivity contribution in [2.24, 2.45) is 0 Å². The highest BCUT2D eigenvalue weighted by atomic mass is 35.5. The van der Waals surface area contributed by atoms with E-state index in [0.29, 0.717) is 0 Å². The minimum Gasteiger partial charge on any atom is -0.334 e. The Morgan fingerprint density at radius 2 is 2.40 bits per heavy atom. The number of aromatic nitrogens is 2. The van der Waals surface area contributed by atoms with Crippen molar-refractivity contribution < 1.29 is 8.42 Å². The second-order valence-corrected chi connectivity index (χ2v) is 3.49. The van der Waals surface area contributed by atoms with Crippen molar-refractivity contribution >= 4 is 21.8 Å². The van der Waals surface area contributed by atoms with Crippen molar-refractivity contribution in [3.05, 3.63) is 12.4 Å². The highest BCUT2D eigenvalue weighted by Gasteiger charge is 2.13. The van der Waals surface area contributed by atoms with Crippen LogP contribution >= 0.6 is 11.8 Å². The highest BCUT2D eigenvalue weighted by molar-refractivity contribution is 7.90. The first-order valence-corrected chi connectivity index (χ1v) is 4.15. The molecule has 0 spiro atoms. The number of hydrogen-bond donors (Lipinski definition) is 2. The molecule has 1 rings (SSSR count). The number of sulfonamides is 1. The zero-order valence-corrected chi connectivity index (χ0v) is 6.28. The quantitative estimate of drug-likeness (QED) is 0.623. The van der Waals surface area contributed by atoms with Crippen molar-refractivity contribution in [2.75, 3.05) is 0 Å². The molecule has 56 valence electrons. The van der Waals surface area contributed by atoms with E-state index in [1.165, 1.54) is 12.4 Å². The number of rotatable bonds is 2. The van der Waals surface area contributed by atoms with Crippen LogP contribution in [0.4, 0.5) is 0 Å². The van der Waals surface area contributed by atoms with Gasteiger partial charge in [0.25, 0.3) is 10.0 Å². The monoisotopic (exact) mass is 181 g/mol. The third kappa shape index (κ3) is 1.28. The predicted molar refractivity (Wildman–Crippen MR) is 34.8 cm³/mol. The fourth-order valence-corrected chi connectivity index (χ4v) is 1.15. The Morgan fingerprint density at radius 3 is 2.80 bits per heavy atom. The minimum absolute atomic E-state index is 0.192. The lowest BCUT2D eigenvalue weighted by Gasteiger charge is -1.92. The normalized spacial score (nSPS) is 11.7. The van der Waals surface area contributed by atoms with Crippen LogP contribution in [0, 0.1) is 0 Å². The summed E-state index contributed by atoms with van der Waals surface area (Å²) in [6, 6.07) is 0. The van der Waals surface area contributed by atoms with Crippen LogP contribution in [0.15, 0.2) is 17.6 Å². The number of hydrogen-bond acceptors (Lipinski definition) is 3. The highest BCUT2D eigenvalue weighted by Crippen LogP contribution is 1.98. The molecule has 1 heterocycles. The van der Waals surface area contributed by atoms with Crippen LogP contribution in [0.25, 0.3) is 0 Å². The summed E-state index contributed by atoms with van der Waals surface area (Å²) in [6.07, 6.45) is 2.71. The molecule has 0 aromatic carbocycles. The summed E-state index contributed by atoms with van der Waals surface area (Å²) in [4.78, 5) is 5.85. The number of halogens is 1. The summed E-state index contributed by atoms with van der Waals surface area (Å²) in [7, 11) is -3.61. The maximum atomic E-state index is 10.7. The molecule has 10 heavy (non-hydrogen) atoms. The molecule has 0 radical (unpaired) electrons. The van der Waals surface area contributed by atoms with E-state index < -0.39 is 10.0 Å². The molecule has 0 saturated heterocycles. The molecule has 0 aliphatic heterocycles. The molecular formula is C3H4ClN3O2S. The first-order valence-electron chi connectivity index (χ1n) is 2.28. The summed E-state index contributed by atoms with van der Waals surface area (Å²) < 4.78 is 23.0. The third-order valence-electron chi connectivity index (χ3n) is 0.829. The Bertz CT molecular complexity index is 292. The minimum atomic E-state index is -3.61.